The summed E-state index contributed by atoms with van der Waals surface area (Å²) < 4.78 is 22.7. The van der Waals surface area contributed by atoms with Gasteiger partial charge in [0.25, 0.3) is 5.24 Å². The van der Waals surface area contributed by atoms with E-state index in [9.17, 15) is 14.5 Å². The molecule has 1 fully saturated rings. The second-order valence-electron chi connectivity index (χ2n) is 8.56. The van der Waals surface area contributed by atoms with Gasteiger partial charge in [0, 0.05) is 31.2 Å². The van der Waals surface area contributed by atoms with E-state index in [1.165, 1.54) is 26.0 Å². The minimum absolute atomic E-state index is 0.0442. The van der Waals surface area contributed by atoms with Crippen LogP contribution in [0.15, 0.2) is 97.1 Å². The second-order valence-corrected chi connectivity index (χ2v) is 11.8. The maximum atomic E-state index is 12.8. The maximum absolute atomic E-state index is 12.8. The molecule has 188 valence electrons. The molecule has 1 aliphatic rings. The molecular weight excluding hydrogens is 505 g/mol. The van der Waals surface area contributed by atoms with Crippen LogP contribution in [0.3, 0.4) is 0 Å². The molecule has 4 aromatic carbocycles. The fourth-order valence-corrected chi connectivity index (χ4v) is 6.59. The molecule has 0 bridgehead atoms. The fraction of sp³-hybridized carbons (Fsp3) is 0.138. The van der Waals surface area contributed by atoms with Crippen LogP contribution in [0, 0.1) is 0 Å². The Kier molecular flexibility index (Phi) is 7.22. The lowest BCUT2D eigenvalue weighted by molar-refractivity contribution is 0.265. The van der Waals surface area contributed by atoms with E-state index in [1.54, 1.807) is 23.1 Å². The molecule has 1 heterocycles. The number of hydrogen-bond donors (Lipinski definition) is 1. The quantitative estimate of drug-likeness (QED) is 0.253. The van der Waals surface area contributed by atoms with Crippen molar-refractivity contribution in [3.05, 3.63) is 103 Å². The molecule has 0 spiro atoms. The molecule has 1 N–H and O–H groups in total. The van der Waals surface area contributed by atoms with Crippen LogP contribution in [0.1, 0.15) is 11.6 Å². The van der Waals surface area contributed by atoms with E-state index >= 15 is 0 Å². The highest BCUT2D eigenvalue weighted by Crippen LogP contribution is 2.46. The summed E-state index contributed by atoms with van der Waals surface area (Å²) in [6.45, 7) is 0. The van der Waals surface area contributed by atoms with Gasteiger partial charge in [0.15, 0.2) is 0 Å². The molecule has 0 saturated carbocycles. The lowest BCUT2D eigenvalue weighted by Gasteiger charge is -2.25. The molecule has 1 unspecified atom stereocenters. The predicted molar refractivity (Wildman–Crippen MR) is 150 cm³/mol. The summed E-state index contributed by atoms with van der Waals surface area (Å²) in [5.41, 5.74) is 5.31. The zero-order chi connectivity index (χ0) is 26.0. The SMILES string of the molecule is COP(=O)(OC)c1ccc(-c2ccc(C3CSC(=O)N3c3ccc(-c4ccccc4)cc3)c(O)c2)cc1. The number of benzene rings is 4. The standard InChI is InChI=1S/C29H26NO5PS/c1-34-36(33,35-2)25-15-10-22(11-16-25)23-12-17-26(28(31)18-23)27-19-37-29(32)30(27)24-13-8-21(9-14-24)20-6-4-3-5-7-20/h3-18,27,31H,19H2,1-2H3. The summed E-state index contributed by atoms with van der Waals surface area (Å²) in [4.78, 5) is 14.6. The Morgan fingerprint density at radius 3 is 2.00 bits per heavy atom. The average Bonchev–Trinajstić information content (AvgIpc) is 3.34. The number of rotatable bonds is 7. The molecular formula is C29H26NO5PS. The Hall–Kier alpha value is -3.35. The highest BCUT2D eigenvalue weighted by Gasteiger charge is 2.35. The molecule has 5 rings (SSSR count). The van der Waals surface area contributed by atoms with E-state index in [0.29, 0.717) is 16.6 Å². The topological polar surface area (TPSA) is 76.1 Å². The first-order valence-corrected chi connectivity index (χ1v) is 14.2. The third-order valence-corrected chi connectivity index (χ3v) is 9.33. The van der Waals surface area contributed by atoms with E-state index in [2.05, 4.69) is 12.1 Å². The summed E-state index contributed by atoms with van der Waals surface area (Å²) >= 11 is 1.25. The van der Waals surface area contributed by atoms with Crippen LogP contribution < -0.4 is 10.2 Å². The number of phenols is 1. The third-order valence-electron chi connectivity index (χ3n) is 6.51. The van der Waals surface area contributed by atoms with Crippen LogP contribution in [0.2, 0.25) is 0 Å². The molecule has 4 aromatic rings. The van der Waals surface area contributed by atoms with Gasteiger partial charge < -0.3 is 14.2 Å². The van der Waals surface area contributed by atoms with Gasteiger partial charge in [-0.25, -0.2) is 0 Å². The number of carbonyl (C=O) groups is 1. The molecule has 1 amide bonds. The highest BCUT2D eigenvalue weighted by molar-refractivity contribution is 8.14. The first kappa shape index (κ1) is 25.3. The number of aromatic hydroxyl groups is 1. The maximum Gasteiger partial charge on any atom is 0.360 e. The van der Waals surface area contributed by atoms with Gasteiger partial charge in [0.05, 0.1) is 11.3 Å². The second kappa shape index (κ2) is 10.6. The summed E-state index contributed by atoms with van der Waals surface area (Å²) in [5, 5.41) is 11.4. The zero-order valence-corrected chi connectivity index (χ0v) is 22.1. The van der Waals surface area contributed by atoms with Crippen molar-refractivity contribution in [1.29, 1.82) is 0 Å². The smallest absolute Gasteiger partial charge is 0.360 e. The Morgan fingerprint density at radius 1 is 0.811 bits per heavy atom. The first-order valence-electron chi connectivity index (χ1n) is 11.7. The van der Waals surface area contributed by atoms with Crippen molar-refractivity contribution in [2.75, 3.05) is 24.9 Å². The van der Waals surface area contributed by atoms with E-state index < -0.39 is 7.60 Å². The van der Waals surface area contributed by atoms with Crippen LogP contribution in [-0.4, -0.2) is 30.3 Å². The molecule has 37 heavy (non-hydrogen) atoms. The number of amides is 1. The van der Waals surface area contributed by atoms with E-state index in [1.807, 2.05) is 66.7 Å². The Bertz CT molecular complexity index is 1450. The minimum Gasteiger partial charge on any atom is -0.508 e. The van der Waals surface area contributed by atoms with Crippen LogP contribution >= 0.6 is 19.4 Å². The molecule has 1 atom stereocenters. The lowest BCUT2D eigenvalue weighted by atomic mass is 9.99. The Morgan fingerprint density at radius 2 is 1.38 bits per heavy atom. The number of phenolic OH excluding ortho intramolecular Hbond substituents is 1. The van der Waals surface area contributed by atoms with Crippen LogP contribution in [0.5, 0.6) is 5.75 Å². The van der Waals surface area contributed by atoms with Crippen molar-refractivity contribution in [1.82, 2.24) is 0 Å². The summed E-state index contributed by atoms with van der Waals surface area (Å²) in [6.07, 6.45) is 0. The predicted octanol–water partition coefficient (Wildman–Crippen LogP) is 7.25. The van der Waals surface area contributed by atoms with E-state index in [4.69, 9.17) is 9.05 Å². The Labute approximate surface area is 220 Å². The van der Waals surface area contributed by atoms with Crippen molar-refractivity contribution in [3.8, 4) is 28.0 Å². The molecule has 1 saturated heterocycles. The number of hydrogen-bond acceptors (Lipinski definition) is 6. The van der Waals surface area contributed by atoms with Crippen LogP contribution in [0.25, 0.3) is 22.3 Å². The largest absolute Gasteiger partial charge is 0.508 e. The molecule has 0 radical (unpaired) electrons. The fourth-order valence-electron chi connectivity index (χ4n) is 4.51. The number of nitrogens with zero attached hydrogens (tertiary/aromatic N) is 1. The average molecular weight is 532 g/mol. The van der Waals surface area contributed by atoms with Gasteiger partial charge in [-0.2, -0.15) is 0 Å². The van der Waals surface area contributed by atoms with E-state index in [0.717, 1.165) is 27.9 Å². The van der Waals surface area contributed by atoms with Gasteiger partial charge in [-0.05, 0) is 52.6 Å². The van der Waals surface area contributed by atoms with Crippen molar-refractivity contribution in [2.24, 2.45) is 0 Å². The normalized spacial score (nSPS) is 15.8. The van der Waals surface area contributed by atoms with E-state index in [-0.39, 0.29) is 17.0 Å². The number of anilines is 1. The van der Waals surface area contributed by atoms with Crippen molar-refractivity contribution in [3.63, 3.8) is 0 Å². The van der Waals surface area contributed by atoms with Crippen molar-refractivity contribution in [2.45, 2.75) is 6.04 Å². The molecule has 0 aromatic heterocycles. The first-order chi connectivity index (χ1) is 17.9. The Balaban J connectivity index is 1.40. The van der Waals surface area contributed by atoms with Gasteiger partial charge >= 0.3 is 7.60 Å². The number of carbonyl (C=O) groups excluding carboxylic acids is 1. The molecule has 0 aliphatic carbocycles. The molecule has 8 heteroatoms. The molecule has 1 aliphatic heterocycles. The monoisotopic (exact) mass is 531 g/mol. The highest BCUT2D eigenvalue weighted by atomic mass is 32.2. The number of thioether (sulfide) groups is 1. The van der Waals surface area contributed by atoms with Gasteiger partial charge in [0.1, 0.15) is 5.75 Å². The van der Waals surface area contributed by atoms with Gasteiger partial charge in [-0.3, -0.25) is 14.3 Å². The van der Waals surface area contributed by atoms with Crippen molar-refractivity contribution >= 4 is 35.6 Å². The summed E-state index contributed by atoms with van der Waals surface area (Å²) in [7, 11) is -0.631. The van der Waals surface area contributed by atoms with Crippen LogP contribution in [-0.2, 0) is 13.6 Å². The third kappa shape index (κ3) is 4.96. The van der Waals surface area contributed by atoms with Crippen molar-refractivity contribution < 1.29 is 23.5 Å². The minimum atomic E-state index is -3.33. The summed E-state index contributed by atoms with van der Waals surface area (Å²) in [6, 6.07) is 30.2. The van der Waals surface area contributed by atoms with Crippen LogP contribution in [0.4, 0.5) is 10.5 Å². The summed E-state index contributed by atoms with van der Waals surface area (Å²) in [5.74, 6) is 0.664. The zero-order valence-electron chi connectivity index (χ0n) is 20.4. The molecule has 6 nitrogen and oxygen atoms in total. The lowest BCUT2D eigenvalue weighted by Crippen LogP contribution is -2.26. The van der Waals surface area contributed by atoms with Gasteiger partial charge in [-0.15, -0.1) is 0 Å². The van der Waals surface area contributed by atoms with Gasteiger partial charge in [-0.1, -0.05) is 78.5 Å². The van der Waals surface area contributed by atoms with Gasteiger partial charge in [0.2, 0.25) is 0 Å².